The number of benzene rings is 2. The minimum absolute atomic E-state index is 0.0303. The molecule has 6 heteroatoms. The predicted octanol–water partition coefficient (Wildman–Crippen LogP) is 3.06. The Morgan fingerprint density at radius 3 is 2.68 bits per heavy atom. The maximum Gasteiger partial charge on any atom is 0.184 e. The van der Waals surface area contributed by atoms with Crippen molar-refractivity contribution in [3.63, 3.8) is 0 Å². The minimum Gasteiger partial charge on any atom is -0.507 e. The molecule has 0 aromatic heterocycles. The number of ether oxygens (including phenoxy) is 1. The van der Waals surface area contributed by atoms with E-state index in [4.69, 9.17) is 16.3 Å². The summed E-state index contributed by atoms with van der Waals surface area (Å²) < 4.78 is 4.91. The zero-order chi connectivity index (χ0) is 16.1. The highest BCUT2D eigenvalue weighted by molar-refractivity contribution is 6.30. The summed E-state index contributed by atoms with van der Waals surface area (Å²) in [6.45, 7) is -0.113. The minimum atomic E-state index is -0.268. The Morgan fingerprint density at radius 1 is 1.23 bits per heavy atom. The van der Waals surface area contributed by atoms with Crippen molar-refractivity contribution >= 4 is 23.6 Å². The van der Waals surface area contributed by atoms with Crippen LogP contribution < -0.4 is 4.74 Å². The summed E-state index contributed by atoms with van der Waals surface area (Å²) in [5, 5.41) is 19.7. The van der Waals surface area contributed by atoms with E-state index in [0.29, 0.717) is 21.9 Å². The Bertz CT molecular complexity index is 728. The maximum atomic E-state index is 12.0. The molecule has 2 aromatic carbocycles. The van der Waals surface area contributed by atoms with E-state index in [1.165, 1.54) is 31.5 Å². The van der Waals surface area contributed by atoms with Crippen molar-refractivity contribution in [3.8, 4) is 17.2 Å². The van der Waals surface area contributed by atoms with Gasteiger partial charge in [0.1, 0.15) is 12.3 Å². The molecule has 0 unspecified atom stereocenters. The first kappa shape index (κ1) is 15.9. The van der Waals surface area contributed by atoms with E-state index in [9.17, 15) is 15.0 Å². The molecule has 0 radical (unpaired) electrons. The Hall–Kier alpha value is -2.53. The normalized spacial score (nSPS) is 10.8. The quantitative estimate of drug-likeness (QED) is 0.655. The molecule has 0 aliphatic rings. The number of aliphatic imine (C=N–C) groups is 1. The Labute approximate surface area is 132 Å². The number of halogens is 1. The highest BCUT2D eigenvalue weighted by atomic mass is 35.5. The van der Waals surface area contributed by atoms with Crippen molar-refractivity contribution in [1.29, 1.82) is 0 Å². The lowest BCUT2D eigenvalue weighted by Gasteiger charge is -2.04. The number of Topliss-reactive ketones (excluding diaryl/α,β-unsaturated/α-hetero) is 1. The Morgan fingerprint density at radius 2 is 2.00 bits per heavy atom. The average Bonchev–Trinajstić information content (AvgIpc) is 2.50. The third-order valence-electron chi connectivity index (χ3n) is 2.96. The lowest BCUT2D eigenvalue weighted by Crippen LogP contribution is -2.03. The summed E-state index contributed by atoms with van der Waals surface area (Å²) in [6.07, 6.45) is 1.38. The topological polar surface area (TPSA) is 79.1 Å². The van der Waals surface area contributed by atoms with Gasteiger partial charge >= 0.3 is 0 Å². The molecule has 0 spiro atoms. The number of phenolic OH excluding ortho intramolecular Hbond substituents is 2. The third-order valence-corrected chi connectivity index (χ3v) is 3.19. The summed E-state index contributed by atoms with van der Waals surface area (Å²) in [5.74, 6) is -0.0490. The van der Waals surface area contributed by atoms with Gasteiger partial charge in [-0.3, -0.25) is 9.79 Å². The highest BCUT2D eigenvalue weighted by Crippen LogP contribution is 2.26. The van der Waals surface area contributed by atoms with Crippen LogP contribution in [-0.2, 0) is 0 Å². The summed E-state index contributed by atoms with van der Waals surface area (Å²) in [5.41, 5.74) is 0.753. The van der Waals surface area contributed by atoms with Gasteiger partial charge in [0.25, 0.3) is 0 Å². The molecule has 114 valence electrons. The first-order valence-corrected chi connectivity index (χ1v) is 6.77. The molecule has 22 heavy (non-hydrogen) atoms. The van der Waals surface area contributed by atoms with Gasteiger partial charge in [0.15, 0.2) is 17.3 Å². The molecule has 0 heterocycles. The van der Waals surface area contributed by atoms with Gasteiger partial charge in [-0.05, 0) is 36.4 Å². The number of hydrogen-bond donors (Lipinski definition) is 2. The number of ketones is 1. The van der Waals surface area contributed by atoms with Crippen molar-refractivity contribution in [2.24, 2.45) is 4.99 Å². The second-order valence-electron chi connectivity index (χ2n) is 4.48. The van der Waals surface area contributed by atoms with Gasteiger partial charge in [-0.15, -0.1) is 0 Å². The van der Waals surface area contributed by atoms with Crippen molar-refractivity contribution < 1.29 is 19.7 Å². The molecule has 0 bridgehead atoms. The number of nitrogens with zero attached hydrogens (tertiary/aromatic N) is 1. The van der Waals surface area contributed by atoms with Crippen LogP contribution >= 0.6 is 11.6 Å². The van der Waals surface area contributed by atoms with Crippen LogP contribution in [0.25, 0.3) is 0 Å². The molecule has 0 fully saturated rings. The smallest absolute Gasteiger partial charge is 0.184 e. The van der Waals surface area contributed by atoms with Crippen LogP contribution in [0.1, 0.15) is 15.9 Å². The summed E-state index contributed by atoms with van der Waals surface area (Å²) >= 11 is 5.82. The van der Waals surface area contributed by atoms with E-state index in [2.05, 4.69) is 4.99 Å². The molecule has 5 nitrogen and oxygen atoms in total. The van der Waals surface area contributed by atoms with Crippen LogP contribution in [0.4, 0.5) is 0 Å². The standard InChI is InChI=1S/C16H14ClNO4/c1-22-16-5-2-10(7-14(16)20)15(21)9-18-8-11-6-12(17)3-4-13(11)19/h2-8,19-20H,9H2,1H3. The van der Waals surface area contributed by atoms with E-state index in [1.54, 1.807) is 18.2 Å². The van der Waals surface area contributed by atoms with Gasteiger partial charge in [0.2, 0.25) is 0 Å². The van der Waals surface area contributed by atoms with E-state index in [0.717, 1.165) is 0 Å². The average molecular weight is 320 g/mol. The lowest BCUT2D eigenvalue weighted by molar-refractivity contribution is 0.100. The van der Waals surface area contributed by atoms with Crippen LogP contribution in [-0.4, -0.2) is 35.9 Å². The van der Waals surface area contributed by atoms with Crippen molar-refractivity contribution in [2.45, 2.75) is 0 Å². The van der Waals surface area contributed by atoms with Crippen molar-refractivity contribution in [2.75, 3.05) is 13.7 Å². The molecule has 0 saturated carbocycles. The van der Waals surface area contributed by atoms with Crippen molar-refractivity contribution in [3.05, 3.63) is 52.5 Å². The van der Waals surface area contributed by atoms with Crippen molar-refractivity contribution in [1.82, 2.24) is 0 Å². The van der Waals surface area contributed by atoms with E-state index < -0.39 is 0 Å². The summed E-state index contributed by atoms with van der Waals surface area (Å²) in [7, 11) is 1.43. The molecular formula is C16H14ClNO4. The van der Waals surface area contributed by atoms with Gasteiger partial charge < -0.3 is 14.9 Å². The fourth-order valence-electron chi connectivity index (χ4n) is 1.81. The molecule has 0 aliphatic carbocycles. The number of phenols is 2. The van der Waals surface area contributed by atoms with Gasteiger partial charge in [-0.25, -0.2) is 0 Å². The second-order valence-corrected chi connectivity index (χ2v) is 4.92. The lowest BCUT2D eigenvalue weighted by atomic mass is 10.1. The SMILES string of the molecule is COc1ccc(C(=O)CN=Cc2cc(Cl)ccc2O)cc1O. The van der Waals surface area contributed by atoms with Crippen LogP contribution in [0.5, 0.6) is 17.2 Å². The van der Waals surface area contributed by atoms with Crippen LogP contribution in [0.15, 0.2) is 41.4 Å². The molecule has 2 aromatic rings. The molecule has 2 rings (SSSR count). The number of methoxy groups -OCH3 is 1. The van der Waals surface area contributed by atoms with Gasteiger partial charge in [0, 0.05) is 22.4 Å². The molecule has 0 saturated heterocycles. The van der Waals surface area contributed by atoms with E-state index in [-0.39, 0.29) is 23.8 Å². The molecule has 0 aliphatic heterocycles. The molecule has 0 amide bonds. The summed E-state index contributed by atoms with van der Waals surface area (Å²) in [6, 6.07) is 8.94. The van der Waals surface area contributed by atoms with Gasteiger partial charge in [-0.1, -0.05) is 11.6 Å². The Kier molecular flexibility index (Phi) is 5.01. The largest absolute Gasteiger partial charge is 0.507 e. The first-order chi connectivity index (χ1) is 10.5. The fourth-order valence-corrected chi connectivity index (χ4v) is 1.99. The first-order valence-electron chi connectivity index (χ1n) is 6.40. The van der Waals surface area contributed by atoms with Gasteiger partial charge in [0.05, 0.1) is 7.11 Å². The number of carbonyl (C=O) groups excluding carboxylic acids is 1. The molecule has 0 atom stereocenters. The van der Waals surface area contributed by atoms with Gasteiger partial charge in [-0.2, -0.15) is 0 Å². The fraction of sp³-hybridized carbons (Fsp3) is 0.125. The third kappa shape index (κ3) is 3.77. The van der Waals surface area contributed by atoms with Crippen LogP contribution in [0.3, 0.4) is 0 Å². The zero-order valence-electron chi connectivity index (χ0n) is 11.8. The Balaban J connectivity index is 2.08. The zero-order valence-corrected chi connectivity index (χ0v) is 12.5. The molecule has 2 N–H and O–H groups in total. The van der Waals surface area contributed by atoms with Crippen LogP contribution in [0.2, 0.25) is 5.02 Å². The number of carbonyl (C=O) groups is 1. The maximum absolute atomic E-state index is 12.0. The molecular weight excluding hydrogens is 306 g/mol. The van der Waals surface area contributed by atoms with Crippen LogP contribution in [0, 0.1) is 0 Å². The monoisotopic (exact) mass is 319 g/mol. The predicted molar refractivity (Wildman–Crippen MR) is 84.6 cm³/mol. The number of aromatic hydroxyl groups is 2. The highest BCUT2D eigenvalue weighted by Gasteiger charge is 2.09. The van der Waals surface area contributed by atoms with E-state index >= 15 is 0 Å². The summed E-state index contributed by atoms with van der Waals surface area (Å²) in [4.78, 5) is 16.0. The number of rotatable bonds is 5. The number of hydrogen-bond acceptors (Lipinski definition) is 5. The second kappa shape index (κ2) is 6.95. The van der Waals surface area contributed by atoms with E-state index in [1.807, 2.05) is 0 Å².